The molecule has 1 aliphatic heterocycles. The molecule has 1 saturated heterocycles. The number of benzene rings is 1. The molecular weight excluding hydrogens is 442 g/mol. The smallest absolute Gasteiger partial charge is 0.348 e. The quantitative estimate of drug-likeness (QED) is 0.320. The fourth-order valence-electron chi connectivity index (χ4n) is 4.12. The molecule has 174 valence electrons. The fraction of sp³-hybridized carbons (Fsp3) is 0.520. The van der Waals surface area contributed by atoms with E-state index in [-0.39, 0.29) is 16.7 Å². The number of hydrogen-bond acceptors (Lipinski definition) is 6. The van der Waals surface area contributed by atoms with Crippen LogP contribution in [-0.4, -0.2) is 34.7 Å². The van der Waals surface area contributed by atoms with Crippen LogP contribution in [0.25, 0.3) is 0 Å². The predicted molar refractivity (Wildman–Crippen MR) is 132 cm³/mol. The lowest BCUT2D eigenvalue weighted by atomic mass is 10.0. The zero-order valence-electron chi connectivity index (χ0n) is 19.1. The van der Waals surface area contributed by atoms with E-state index in [1.807, 2.05) is 41.3 Å². The van der Waals surface area contributed by atoms with Gasteiger partial charge in [0.15, 0.2) is 0 Å². The molecule has 7 heteroatoms. The number of anilines is 1. The molecule has 32 heavy (non-hydrogen) atoms. The molecule has 1 N–H and O–H groups in total. The van der Waals surface area contributed by atoms with Crippen molar-refractivity contribution in [3.05, 3.63) is 51.7 Å². The molecule has 2 heterocycles. The Bertz CT molecular complexity index is 911. The summed E-state index contributed by atoms with van der Waals surface area (Å²) in [4.78, 5) is 27.8. The van der Waals surface area contributed by atoms with Crippen molar-refractivity contribution in [3.8, 4) is 0 Å². The summed E-state index contributed by atoms with van der Waals surface area (Å²) in [5.74, 6) is 0.303. The van der Waals surface area contributed by atoms with Crippen molar-refractivity contribution in [2.45, 2.75) is 69.8 Å². The van der Waals surface area contributed by atoms with Crippen LogP contribution in [0.1, 0.15) is 78.6 Å². The van der Waals surface area contributed by atoms with Gasteiger partial charge in [0.05, 0.1) is 23.8 Å². The zero-order valence-corrected chi connectivity index (χ0v) is 20.8. The molecule has 5 nitrogen and oxygen atoms in total. The Labute approximate surface area is 199 Å². The number of aliphatic hydroxyl groups is 1. The van der Waals surface area contributed by atoms with Crippen molar-refractivity contribution >= 4 is 40.7 Å². The SMILES string of the molecule is CCCCCC(O)c1ccc(N2C(=O)CSC2(C)CCCc2ccc(C(=O)OC)s2)cc1. The number of thiophene rings is 1. The Hall–Kier alpha value is -1.83. The third-order valence-corrected chi connectivity index (χ3v) is 8.48. The summed E-state index contributed by atoms with van der Waals surface area (Å²) in [5.41, 5.74) is 1.79. The van der Waals surface area contributed by atoms with E-state index in [1.165, 1.54) is 18.4 Å². The van der Waals surface area contributed by atoms with Crippen LogP contribution in [0.3, 0.4) is 0 Å². The lowest BCUT2D eigenvalue weighted by molar-refractivity contribution is -0.116. The van der Waals surface area contributed by atoms with Gasteiger partial charge in [-0.2, -0.15) is 0 Å². The monoisotopic (exact) mass is 475 g/mol. The van der Waals surface area contributed by atoms with Crippen molar-refractivity contribution < 1.29 is 19.4 Å². The molecule has 1 aromatic carbocycles. The Morgan fingerprint density at radius 2 is 1.94 bits per heavy atom. The van der Waals surface area contributed by atoms with Crippen LogP contribution in [0, 0.1) is 0 Å². The molecule has 1 fully saturated rings. The number of unbranched alkanes of at least 4 members (excludes halogenated alkanes) is 2. The van der Waals surface area contributed by atoms with Crippen LogP contribution in [-0.2, 0) is 16.0 Å². The van der Waals surface area contributed by atoms with Crippen molar-refractivity contribution in [1.29, 1.82) is 0 Å². The Balaban J connectivity index is 1.62. The lowest BCUT2D eigenvalue weighted by Crippen LogP contribution is -2.42. The third kappa shape index (κ3) is 5.94. The van der Waals surface area contributed by atoms with E-state index in [4.69, 9.17) is 4.74 Å². The molecule has 3 rings (SSSR count). The summed E-state index contributed by atoms with van der Waals surface area (Å²) in [6.07, 6.45) is 6.24. The van der Waals surface area contributed by atoms with Gasteiger partial charge in [0.1, 0.15) is 4.88 Å². The van der Waals surface area contributed by atoms with Gasteiger partial charge in [-0.1, -0.05) is 38.3 Å². The van der Waals surface area contributed by atoms with Crippen molar-refractivity contribution in [2.75, 3.05) is 17.8 Å². The highest BCUT2D eigenvalue weighted by Crippen LogP contribution is 2.43. The topological polar surface area (TPSA) is 66.8 Å². The number of aryl methyl sites for hydroxylation is 1. The number of rotatable bonds is 11. The van der Waals surface area contributed by atoms with Gasteiger partial charge in [0.25, 0.3) is 0 Å². The van der Waals surface area contributed by atoms with E-state index < -0.39 is 6.10 Å². The summed E-state index contributed by atoms with van der Waals surface area (Å²) >= 11 is 3.16. The molecule has 0 radical (unpaired) electrons. The first kappa shape index (κ1) is 24.8. The summed E-state index contributed by atoms with van der Waals surface area (Å²) in [5, 5.41) is 10.4. The van der Waals surface area contributed by atoms with Crippen LogP contribution in [0.2, 0.25) is 0 Å². The van der Waals surface area contributed by atoms with Crippen LogP contribution in [0.5, 0.6) is 0 Å². The molecule has 0 aliphatic carbocycles. The number of esters is 1. The molecule has 1 amide bonds. The molecular formula is C25H33NO4S2. The average molecular weight is 476 g/mol. The van der Waals surface area contributed by atoms with Gasteiger partial charge in [-0.3, -0.25) is 9.69 Å². The first-order valence-electron chi connectivity index (χ1n) is 11.3. The zero-order chi connectivity index (χ0) is 23.1. The largest absolute Gasteiger partial charge is 0.465 e. The number of nitrogens with zero attached hydrogens (tertiary/aromatic N) is 1. The van der Waals surface area contributed by atoms with Crippen LogP contribution >= 0.6 is 23.1 Å². The Morgan fingerprint density at radius 3 is 2.62 bits per heavy atom. The fourth-order valence-corrected chi connectivity index (χ4v) is 6.28. The third-order valence-electron chi connectivity index (χ3n) is 5.96. The lowest BCUT2D eigenvalue weighted by Gasteiger charge is -2.34. The first-order chi connectivity index (χ1) is 15.4. The average Bonchev–Trinajstić information content (AvgIpc) is 3.38. The van der Waals surface area contributed by atoms with Crippen LogP contribution in [0.4, 0.5) is 5.69 Å². The highest BCUT2D eigenvalue weighted by Gasteiger charge is 2.42. The number of carbonyl (C=O) groups excluding carboxylic acids is 2. The second-order valence-electron chi connectivity index (χ2n) is 8.41. The maximum absolute atomic E-state index is 12.7. The van der Waals surface area contributed by atoms with Crippen LogP contribution in [0.15, 0.2) is 36.4 Å². The molecule has 1 aliphatic rings. The van der Waals surface area contributed by atoms with E-state index in [2.05, 4.69) is 13.8 Å². The number of thioether (sulfide) groups is 1. The summed E-state index contributed by atoms with van der Waals surface area (Å²) in [6.45, 7) is 4.29. The minimum Gasteiger partial charge on any atom is -0.465 e. The van der Waals surface area contributed by atoms with E-state index in [0.717, 1.165) is 61.1 Å². The number of hydrogen-bond donors (Lipinski definition) is 1. The number of aliphatic hydroxyl groups excluding tert-OH is 1. The van der Waals surface area contributed by atoms with E-state index in [0.29, 0.717) is 10.6 Å². The minimum atomic E-state index is -0.452. The van der Waals surface area contributed by atoms with Gasteiger partial charge in [-0.25, -0.2) is 4.79 Å². The molecule has 0 spiro atoms. The summed E-state index contributed by atoms with van der Waals surface area (Å²) < 4.78 is 4.78. The van der Waals surface area contributed by atoms with Gasteiger partial charge in [0, 0.05) is 10.6 Å². The maximum atomic E-state index is 12.7. The van der Waals surface area contributed by atoms with E-state index in [1.54, 1.807) is 11.8 Å². The number of methoxy groups -OCH3 is 1. The second-order valence-corrected chi connectivity index (χ2v) is 11.0. The Kier molecular flexibility index (Phi) is 8.79. The maximum Gasteiger partial charge on any atom is 0.348 e. The minimum absolute atomic E-state index is 0.123. The standard InChI is InChI=1S/C25H33NO4S2/c1-4-5-6-9-21(27)18-10-12-19(13-11-18)26-23(28)17-31-25(26,2)16-7-8-20-14-15-22(32-20)24(29)30-3/h10-15,21,27H,4-9,16-17H2,1-3H3. The van der Waals surface area contributed by atoms with Crippen molar-refractivity contribution in [3.63, 3.8) is 0 Å². The highest BCUT2D eigenvalue weighted by atomic mass is 32.2. The van der Waals surface area contributed by atoms with Crippen molar-refractivity contribution in [1.82, 2.24) is 0 Å². The van der Waals surface area contributed by atoms with Gasteiger partial charge in [-0.05, 0) is 62.4 Å². The summed E-state index contributed by atoms with van der Waals surface area (Å²) in [7, 11) is 1.39. The van der Waals surface area contributed by atoms with Crippen molar-refractivity contribution in [2.24, 2.45) is 0 Å². The molecule has 0 bridgehead atoms. The highest BCUT2D eigenvalue weighted by molar-refractivity contribution is 8.02. The van der Waals surface area contributed by atoms with Gasteiger partial charge >= 0.3 is 5.97 Å². The number of ether oxygens (including phenoxy) is 1. The molecule has 2 unspecified atom stereocenters. The van der Waals surface area contributed by atoms with E-state index in [9.17, 15) is 14.7 Å². The van der Waals surface area contributed by atoms with E-state index >= 15 is 0 Å². The predicted octanol–water partition coefficient (Wildman–Crippen LogP) is 5.97. The summed E-state index contributed by atoms with van der Waals surface area (Å²) in [6, 6.07) is 11.6. The molecule has 0 saturated carbocycles. The Morgan fingerprint density at radius 1 is 1.19 bits per heavy atom. The van der Waals surface area contributed by atoms with Gasteiger partial charge in [0.2, 0.25) is 5.91 Å². The van der Waals surface area contributed by atoms with Gasteiger partial charge < -0.3 is 9.84 Å². The first-order valence-corrected chi connectivity index (χ1v) is 13.1. The second kappa shape index (κ2) is 11.3. The normalized spacial score (nSPS) is 19.4. The number of carbonyl (C=O) groups is 2. The molecule has 2 atom stereocenters. The molecule has 1 aromatic heterocycles. The number of amides is 1. The van der Waals surface area contributed by atoms with Gasteiger partial charge in [-0.15, -0.1) is 23.1 Å². The van der Waals surface area contributed by atoms with Crippen LogP contribution < -0.4 is 4.90 Å². The molecule has 2 aromatic rings.